The maximum absolute atomic E-state index is 11.1. The predicted octanol–water partition coefficient (Wildman–Crippen LogP) is 2.79. The van der Waals surface area contributed by atoms with Gasteiger partial charge in [0.15, 0.2) is 0 Å². The Kier molecular flexibility index (Phi) is 4.64. The van der Waals surface area contributed by atoms with E-state index in [0.717, 1.165) is 11.1 Å². The molecular formula is C15H16N2O2. The number of nitro groups is 1. The van der Waals surface area contributed by atoms with Crippen LogP contribution in [-0.4, -0.2) is 11.5 Å². The van der Waals surface area contributed by atoms with E-state index in [9.17, 15) is 10.1 Å². The SMILES string of the molecule is O=[N+]([O-])C(CNCc1ccccc1)c1ccccc1. The lowest BCUT2D eigenvalue weighted by Gasteiger charge is -2.11. The highest BCUT2D eigenvalue weighted by Gasteiger charge is 2.21. The zero-order valence-corrected chi connectivity index (χ0v) is 10.5. The second-order valence-corrected chi connectivity index (χ2v) is 4.33. The Morgan fingerprint density at radius 3 is 2.16 bits per heavy atom. The first-order chi connectivity index (χ1) is 9.27. The van der Waals surface area contributed by atoms with Crippen LogP contribution in [0.4, 0.5) is 0 Å². The highest BCUT2D eigenvalue weighted by atomic mass is 16.6. The Morgan fingerprint density at radius 1 is 1.00 bits per heavy atom. The van der Waals surface area contributed by atoms with E-state index in [1.807, 2.05) is 48.5 Å². The number of benzene rings is 2. The fourth-order valence-corrected chi connectivity index (χ4v) is 1.94. The van der Waals surface area contributed by atoms with Gasteiger partial charge in [-0.2, -0.15) is 0 Å². The highest BCUT2D eigenvalue weighted by Crippen LogP contribution is 2.15. The van der Waals surface area contributed by atoms with Crippen LogP contribution in [0.5, 0.6) is 0 Å². The molecule has 4 nitrogen and oxygen atoms in total. The molecule has 0 radical (unpaired) electrons. The summed E-state index contributed by atoms with van der Waals surface area (Å²) in [6.07, 6.45) is 0. The van der Waals surface area contributed by atoms with Crippen LogP contribution in [0.25, 0.3) is 0 Å². The van der Waals surface area contributed by atoms with Gasteiger partial charge < -0.3 is 5.32 Å². The maximum atomic E-state index is 11.1. The predicted molar refractivity (Wildman–Crippen MR) is 74.3 cm³/mol. The van der Waals surface area contributed by atoms with Crippen molar-refractivity contribution < 1.29 is 4.92 Å². The van der Waals surface area contributed by atoms with Crippen molar-refractivity contribution in [2.24, 2.45) is 0 Å². The number of hydrogen-bond acceptors (Lipinski definition) is 3. The molecule has 0 spiro atoms. The average molecular weight is 256 g/mol. The van der Waals surface area contributed by atoms with Crippen molar-refractivity contribution in [1.82, 2.24) is 5.32 Å². The van der Waals surface area contributed by atoms with Gasteiger partial charge in [-0.05, 0) is 5.56 Å². The van der Waals surface area contributed by atoms with Crippen molar-refractivity contribution in [3.8, 4) is 0 Å². The number of nitrogens with one attached hydrogen (secondary N) is 1. The van der Waals surface area contributed by atoms with E-state index in [0.29, 0.717) is 13.1 Å². The van der Waals surface area contributed by atoms with E-state index in [2.05, 4.69) is 5.32 Å². The first-order valence-corrected chi connectivity index (χ1v) is 6.20. The first kappa shape index (κ1) is 13.2. The van der Waals surface area contributed by atoms with E-state index < -0.39 is 6.04 Å². The summed E-state index contributed by atoms with van der Waals surface area (Å²) in [4.78, 5) is 10.9. The fraction of sp³-hybridized carbons (Fsp3) is 0.200. The first-order valence-electron chi connectivity index (χ1n) is 6.20. The van der Waals surface area contributed by atoms with Gasteiger partial charge in [0.25, 0.3) is 0 Å². The Balaban J connectivity index is 1.94. The van der Waals surface area contributed by atoms with E-state index in [-0.39, 0.29) is 4.92 Å². The fourth-order valence-electron chi connectivity index (χ4n) is 1.94. The van der Waals surface area contributed by atoms with Crippen molar-refractivity contribution in [2.75, 3.05) is 6.54 Å². The van der Waals surface area contributed by atoms with Crippen molar-refractivity contribution in [3.63, 3.8) is 0 Å². The third-order valence-electron chi connectivity index (χ3n) is 2.95. The van der Waals surface area contributed by atoms with Crippen LogP contribution in [0.2, 0.25) is 0 Å². The summed E-state index contributed by atoms with van der Waals surface area (Å²) in [5, 5.41) is 14.2. The normalized spacial score (nSPS) is 12.0. The molecule has 0 heterocycles. The third kappa shape index (κ3) is 3.89. The van der Waals surface area contributed by atoms with Gasteiger partial charge in [-0.3, -0.25) is 10.1 Å². The van der Waals surface area contributed by atoms with Gasteiger partial charge in [-0.15, -0.1) is 0 Å². The number of nitrogens with zero attached hydrogens (tertiary/aromatic N) is 1. The third-order valence-corrected chi connectivity index (χ3v) is 2.95. The molecule has 0 saturated heterocycles. The van der Waals surface area contributed by atoms with Crippen molar-refractivity contribution in [2.45, 2.75) is 12.6 Å². The van der Waals surface area contributed by atoms with Gasteiger partial charge in [0.2, 0.25) is 6.04 Å². The lowest BCUT2D eigenvalue weighted by Crippen LogP contribution is -2.26. The monoisotopic (exact) mass is 256 g/mol. The molecule has 0 amide bonds. The van der Waals surface area contributed by atoms with E-state index in [1.165, 1.54) is 0 Å². The lowest BCUT2D eigenvalue weighted by molar-refractivity contribution is -0.526. The minimum absolute atomic E-state index is 0.243. The Bertz CT molecular complexity index is 514. The highest BCUT2D eigenvalue weighted by molar-refractivity contribution is 5.18. The van der Waals surface area contributed by atoms with Crippen LogP contribution in [-0.2, 0) is 6.54 Å². The molecule has 19 heavy (non-hydrogen) atoms. The number of rotatable bonds is 6. The van der Waals surface area contributed by atoms with E-state index >= 15 is 0 Å². The molecule has 0 bridgehead atoms. The molecule has 2 aromatic rings. The Morgan fingerprint density at radius 2 is 1.58 bits per heavy atom. The zero-order valence-electron chi connectivity index (χ0n) is 10.5. The molecule has 0 fully saturated rings. The van der Waals surface area contributed by atoms with Crippen molar-refractivity contribution in [3.05, 3.63) is 81.9 Å². The van der Waals surface area contributed by atoms with Crippen LogP contribution in [0.15, 0.2) is 60.7 Å². The lowest BCUT2D eigenvalue weighted by atomic mass is 10.1. The topological polar surface area (TPSA) is 55.2 Å². The molecule has 4 heteroatoms. The Labute approximate surface area is 112 Å². The smallest absolute Gasteiger partial charge is 0.250 e. The minimum atomic E-state index is -0.704. The second-order valence-electron chi connectivity index (χ2n) is 4.33. The molecule has 1 N–H and O–H groups in total. The van der Waals surface area contributed by atoms with E-state index in [1.54, 1.807) is 12.1 Å². The molecule has 0 aromatic heterocycles. The molecule has 0 aliphatic rings. The van der Waals surface area contributed by atoms with Gasteiger partial charge in [0.05, 0.1) is 6.54 Å². The number of hydrogen-bond donors (Lipinski definition) is 1. The summed E-state index contributed by atoms with van der Waals surface area (Å²) in [5.74, 6) is 0. The summed E-state index contributed by atoms with van der Waals surface area (Å²) in [7, 11) is 0. The molecule has 2 rings (SSSR count). The molecule has 0 aliphatic heterocycles. The largest absolute Gasteiger partial charge is 0.306 e. The van der Waals surface area contributed by atoms with Crippen LogP contribution in [0, 0.1) is 10.1 Å². The van der Waals surface area contributed by atoms with Gasteiger partial charge >= 0.3 is 0 Å². The summed E-state index contributed by atoms with van der Waals surface area (Å²) in [6.45, 7) is 0.962. The van der Waals surface area contributed by atoms with Crippen LogP contribution >= 0.6 is 0 Å². The van der Waals surface area contributed by atoms with Crippen LogP contribution < -0.4 is 5.32 Å². The molecule has 98 valence electrons. The van der Waals surface area contributed by atoms with Gasteiger partial charge in [-0.25, -0.2) is 0 Å². The maximum Gasteiger partial charge on any atom is 0.250 e. The van der Waals surface area contributed by atoms with Crippen LogP contribution in [0.3, 0.4) is 0 Å². The van der Waals surface area contributed by atoms with Crippen molar-refractivity contribution in [1.29, 1.82) is 0 Å². The molecular weight excluding hydrogens is 240 g/mol. The molecule has 0 aliphatic carbocycles. The summed E-state index contributed by atoms with van der Waals surface area (Å²) in [5.41, 5.74) is 1.85. The molecule has 0 saturated carbocycles. The molecule has 2 aromatic carbocycles. The summed E-state index contributed by atoms with van der Waals surface area (Å²) in [6, 6.07) is 18.2. The summed E-state index contributed by atoms with van der Waals surface area (Å²) >= 11 is 0. The molecule has 1 atom stereocenters. The Hall–Kier alpha value is -2.20. The van der Waals surface area contributed by atoms with Gasteiger partial charge in [0.1, 0.15) is 0 Å². The average Bonchev–Trinajstić information content (AvgIpc) is 2.45. The summed E-state index contributed by atoms with van der Waals surface area (Å²) < 4.78 is 0. The quantitative estimate of drug-likeness (QED) is 0.638. The zero-order chi connectivity index (χ0) is 13.5. The van der Waals surface area contributed by atoms with Crippen molar-refractivity contribution >= 4 is 0 Å². The standard InChI is InChI=1S/C15H16N2O2/c18-17(19)15(14-9-5-2-6-10-14)12-16-11-13-7-3-1-4-8-13/h1-10,15-16H,11-12H2. The minimum Gasteiger partial charge on any atom is -0.306 e. The van der Waals surface area contributed by atoms with E-state index in [4.69, 9.17) is 0 Å². The van der Waals surface area contributed by atoms with Crippen LogP contribution in [0.1, 0.15) is 17.2 Å². The second kappa shape index (κ2) is 6.66. The molecule has 1 unspecified atom stereocenters. The van der Waals surface area contributed by atoms with Gasteiger partial charge in [-0.1, -0.05) is 60.7 Å². The van der Waals surface area contributed by atoms with Gasteiger partial charge in [0, 0.05) is 17.0 Å².